The monoisotopic (exact) mass is 330 g/mol. The second-order valence-electron chi connectivity index (χ2n) is 6.50. The number of anilines is 1. The number of para-hydroxylation sites is 1. The number of fused-ring (bicyclic) bond motifs is 1. The summed E-state index contributed by atoms with van der Waals surface area (Å²) < 4.78 is 6.30. The first-order valence-electron chi connectivity index (χ1n) is 8.27. The van der Waals surface area contributed by atoms with Gasteiger partial charge in [0.05, 0.1) is 24.8 Å². The summed E-state index contributed by atoms with van der Waals surface area (Å²) in [6.07, 6.45) is 2.14. The second-order valence-corrected chi connectivity index (χ2v) is 6.50. The summed E-state index contributed by atoms with van der Waals surface area (Å²) >= 11 is 0. The van der Waals surface area contributed by atoms with Gasteiger partial charge in [-0.2, -0.15) is 0 Å². The van der Waals surface area contributed by atoms with Gasteiger partial charge in [0.1, 0.15) is 11.4 Å². The van der Waals surface area contributed by atoms with Crippen LogP contribution in [-0.2, 0) is 4.74 Å². The fourth-order valence-corrected chi connectivity index (χ4v) is 3.49. The molecule has 0 saturated carbocycles. The Balaban J connectivity index is 1.57. The highest BCUT2D eigenvalue weighted by atomic mass is 16.5. The molecule has 1 unspecified atom stereocenters. The number of benzene rings is 1. The minimum Gasteiger partial charge on any atom is -0.425 e. The fourth-order valence-electron chi connectivity index (χ4n) is 3.49. The molecule has 3 heterocycles. The number of hydrogen-bond acceptors (Lipinski definition) is 6. The van der Waals surface area contributed by atoms with Gasteiger partial charge in [-0.05, 0) is 31.5 Å². The van der Waals surface area contributed by atoms with Crippen molar-refractivity contribution in [1.82, 2.24) is 14.6 Å². The van der Waals surface area contributed by atoms with Gasteiger partial charge in [0.25, 0.3) is 0 Å². The van der Waals surface area contributed by atoms with Crippen molar-refractivity contribution in [3.8, 4) is 0 Å². The Kier molecular flexibility index (Phi) is 3.78. The Bertz CT molecular complexity index is 769. The first-order valence-corrected chi connectivity index (χ1v) is 8.27. The van der Waals surface area contributed by atoms with Gasteiger partial charge in [0.15, 0.2) is 0 Å². The number of piperidine rings is 1. The molecule has 0 aliphatic carbocycles. The zero-order valence-corrected chi connectivity index (χ0v) is 13.4. The number of aromatic nitrogens is 2. The van der Waals surface area contributed by atoms with Crippen molar-refractivity contribution in [2.75, 3.05) is 31.6 Å². The van der Waals surface area contributed by atoms with Crippen LogP contribution in [-0.4, -0.2) is 64.0 Å². The topological polar surface area (TPSA) is 112 Å². The van der Waals surface area contributed by atoms with Gasteiger partial charge in [-0.25, -0.2) is 4.98 Å². The van der Waals surface area contributed by atoms with Crippen LogP contribution < -0.4 is 11.1 Å². The lowest BCUT2D eigenvalue weighted by atomic mass is 10.0. The number of imidazole rings is 1. The van der Waals surface area contributed by atoms with Crippen molar-refractivity contribution in [3.63, 3.8) is 0 Å². The molecule has 2 fully saturated rings. The molecule has 1 atom stereocenters. The van der Waals surface area contributed by atoms with E-state index in [0.717, 1.165) is 43.9 Å². The quantitative estimate of drug-likeness (QED) is 0.375. The zero-order valence-electron chi connectivity index (χ0n) is 13.4. The Labute approximate surface area is 139 Å². The molecule has 8 heteroatoms. The number of likely N-dealkylation sites (tertiary alicyclic amines) is 1. The highest BCUT2D eigenvalue weighted by molar-refractivity contribution is 6.06. The van der Waals surface area contributed by atoms with Crippen molar-refractivity contribution in [3.05, 3.63) is 23.8 Å². The maximum absolute atomic E-state index is 10.5. The van der Waals surface area contributed by atoms with Crippen molar-refractivity contribution in [1.29, 1.82) is 5.41 Å². The molecule has 1 aromatic heterocycles. The standard InChI is InChI=1S/C16H22N6O2/c17-15(18)12-4-1-5-13-14(12)22(23)16(20-13)19-10-3-2-6-21(7-10)11-8-24-9-11/h1,4-5,10-11,23H,2-3,6-9H2,(H3,17,18)(H,19,20). The van der Waals surface area contributed by atoms with Crippen LogP contribution in [0.3, 0.4) is 0 Å². The zero-order chi connectivity index (χ0) is 16.7. The molecule has 0 radical (unpaired) electrons. The van der Waals surface area contributed by atoms with E-state index in [2.05, 4.69) is 15.2 Å². The second kappa shape index (κ2) is 5.95. The molecular formula is C16H22N6O2. The van der Waals surface area contributed by atoms with Gasteiger partial charge < -0.3 is 21.0 Å². The summed E-state index contributed by atoms with van der Waals surface area (Å²) in [5, 5.41) is 21.5. The summed E-state index contributed by atoms with van der Waals surface area (Å²) in [7, 11) is 0. The third-order valence-electron chi connectivity index (χ3n) is 4.87. The van der Waals surface area contributed by atoms with Crippen LogP contribution in [0.15, 0.2) is 18.2 Å². The third-order valence-corrected chi connectivity index (χ3v) is 4.87. The van der Waals surface area contributed by atoms with Gasteiger partial charge >= 0.3 is 0 Å². The van der Waals surface area contributed by atoms with E-state index in [4.69, 9.17) is 15.9 Å². The molecule has 128 valence electrons. The average molecular weight is 330 g/mol. The van der Waals surface area contributed by atoms with Gasteiger partial charge in [-0.3, -0.25) is 10.3 Å². The molecule has 5 N–H and O–H groups in total. The Morgan fingerprint density at radius 1 is 1.42 bits per heavy atom. The van der Waals surface area contributed by atoms with Crippen LogP contribution in [0, 0.1) is 5.41 Å². The van der Waals surface area contributed by atoms with Gasteiger partial charge in [-0.1, -0.05) is 6.07 Å². The predicted octanol–water partition coefficient (Wildman–Crippen LogP) is 0.833. The van der Waals surface area contributed by atoms with E-state index in [0.29, 0.717) is 28.6 Å². The van der Waals surface area contributed by atoms with Crippen LogP contribution in [0.4, 0.5) is 5.95 Å². The minimum absolute atomic E-state index is 0.0869. The summed E-state index contributed by atoms with van der Waals surface area (Å²) in [5.41, 5.74) is 7.17. The van der Waals surface area contributed by atoms with Crippen LogP contribution >= 0.6 is 0 Å². The predicted molar refractivity (Wildman–Crippen MR) is 90.8 cm³/mol. The van der Waals surface area contributed by atoms with Crippen molar-refractivity contribution >= 4 is 22.8 Å². The van der Waals surface area contributed by atoms with E-state index < -0.39 is 0 Å². The summed E-state index contributed by atoms with van der Waals surface area (Å²) in [6.45, 7) is 3.63. The Morgan fingerprint density at radius 3 is 2.96 bits per heavy atom. The molecule has 2 aliphatic rings. The van der Waals surface area contributed by atoms with Crippen LogP contribution in [0.1, 0.15) is 18.4 Å². The number of nitrogens with zero attached hydrogens (tertiary/aromatic N) is 3. The van der Waals surface area contributed by atoms with Crippen molar-refractivity contribution in [2.24, 2.45) is 5.73 Å². The van der Waals surface area contributed by atoms with E-state index in [1.54, 1.807) is 18.2 Å². The molecular weight excluding hydrogens is 308 g/mol. The minimum atomic E-state index is -0.0869. The normalized spacial score (nSPS) is 22.4. The van der Waals surface area contributed by atoms with Gasteiger partial charge in [0, 0.05) is 18.2 Å². The molecule has 8 nitrogen and oxygen atoms in total. The molecule has 2 aliphatic heterocycles. The van der Waals surface area contributed by atoms with E-state index in [1.807, 2.05) is 0 Å². The highest BCUT2D eigenvalue weighted by Gasteiger charge is 2.31. The lowest BCUT2D eigenvalue weighted by molar-refractivity contribution is -0.0710. The van der Waals surface area contributed by atoms with Crippen LogP contribution in [0.2, 0.25) is 0 Å². The molecule has 2 aromatic rings. The van der Waals surface area contributed by atoms with Crippen LogP contribution in [0.5, 0.6) is 0 Å². The number of amidine groups is 1. The maximum atomic E-state index is 10.5. The Hall–Kier alpha value is -2.32. The lowest BCUT2D eigenvalue weighted by Gasteiger charge is -2.42. The third kappa shape index (κ3) is 2.57. The number of ether oxygens (including phenoxy) is 1. The average Bonchev–Trinajstić information content (AvgIpc) is 2.82. The lowest BCUT2D eigenvalue weighted by Crippen LogP contribution is -2.54. The number of rotatable bonds is 4. The van der Waals surface area contributed by atoms with Crippen LogP contribution in [0.25, 0.3) is 11.0 Å². The highest BCUT2D eigenvalue weighted by Crippen LogP contribution is 2.24. The summed E-state index contributed by atoms with van der Waals surface area (Å²) in [5.74, 6) is 0.312. The molecule has 0 amide bonds. The smallest absolute Gasteiger partial charge is 0.238 e. The fraction of sp³-hybridized carbons (Fsp3) is 0.500. The molecule has 0 spiro atoms. The largest absolute Gasteiger partial charge is 0.425 e. The molecule has 4 rings (SSSR count). The SMILES string of the molecule is N=C(N)c1cccc2nc(NC3CCCN(C4COC4)C3)n(O)c12. The maximum Gasteiger partial charge on any atom is 0.238 e. The van der Waals surface area contributed by atoms with Gasteiger partial charge in [0.2, 0.25) is 5.95 Å². The number of nitrogen functional groups attached to an aromatic ring is 1. The number of nitrogens with one attached hydrogen (secondary N) is 2. The number of hydrogen-bond donors (Lipinski definition) is 4. The van der Waals surface area contributed by atoms with E-state index >= 15 is 0 Å². The first-order chi connectivity index (χ1) is 11.6. The summed E-state index contributed by atoms with van der Waals surface area (Å²) in [6, 6.07) is 6.05. The molecule has 2 saturated heterocycles. The van der Waals surface area contributed by atoms with E-state index in [9.17, 15) is 5.21 Å². The first kappa shape index (κ1) is 15.2. The van der Waals surface area contributed by atoms with Gasteiger partial charge in [-0.15, -0.1) is 4.73 Å². The molecule has 1 aromatic carbocycles. The van der Waals surface area contributed by atoms with E-state index in [1.165, 1.54) is 0 Å². The Morgan fingerprint density at radius 2 is 2.25 bits per heavy atom. The van der Waals surface area contributed by atoms with Crippen molar-refractivity contribution in [2.45, 2.75) is 24.9 Å². The molecule has 24 heavy (non-hydrogen) atoms. The van der Waals surface area contributed by atoms with E-state index in [-0.39, 0.29) is 11.9 Å². The summed E-state index contributed by atoms with van der Waals surface area (Å²) in [4.78, 5) is 6.90. The number of nitrogens with two attached hydrogens (primary N) is 1. The van der Waals surface area contributed by atoms with Crippen molar-refractivity contribution < 1.29 is 9.94 Å². The molecule has 0 bridgehead atoms.